The fourth-order valence-corrected chi connectivity index (χ4v) is 4.05. The number of aromatic nitrogens is 2. The number of benzene rings is 1. The average Bonchev–Trinajstić information content (AvgIpc) is 2.78. The number of methoxy groups -OCH3 is 1. The maximum absolute atomic E-state index is 11.5. The second kappa shape index (κ2) is 4.90. The number of rotatable bonds is 3. The van der Waals surface area contributed by atoms with Gasteiger partial charge in [0.15, 0.2) is 9.84 Å². The van der Waals surface area contributed by atoms with E-state index in [0.717, 1.165) is 16.7 Å². The zero-order valence-electron chi connectivity index (χ0n) is 11.0. The Kier molecular flexibility index (Phi) is 3.21. The molecule has 0 saturated carbocycles. The van der Waals surface area contributed by atoms with E-state index in [1.54, 1.807) is 7.11 Å². The molecule has 7 heteroatoms. The molecule has 1 saturated heterocycles. The van der Waals surface area contributed by atoms with Crippen LogP contribution in [0.5, 0.6) is 5.75 Å². The number of hydrogen-bond donors (Lipinski definition) is 1. The summed E-state index contributed by atoms with van der Waals surface area (Å²) >= 11 is 0. The van der Waals surface area contributed by atoms with E-state index in [1.807, 2.05) is 18.2 Å². The van der Waals surface area contributed by atoms with Gasteiger partial charge in [0, 0.05) is 11.4 Å². The summed E-state index contributed by atoms with van der Waals surface area (Å²) in [5, 5.41) is 4.03. The molecule has 6 nitrogen and oxygen atoms in total. The zero-order chi connectivity index (χ0) is 14.2. The van der Waals surface area contributed by atoms with Crippen LogP contribution in [-0.4, -0.2) is 43.0 Å². The molecule has 0 aliphatic carbocycles. The van der Waals surface area contributed by atoms with Crippen molar-refractivity contribution in [2.45, 2.75) is 12.5 Å². The third-order valence-corrected chi connectivity index (χ3v) is 5.18. The second-order valence-electron chi connectivity index (χ2n) is 4.85. The lowest BCUT2D eigenvalue weighted by atomic mass is 10.2. The first-order valence-corrected chi connectivity index (χ1v) is 8.15. The average molecular weight is 293 g/mol. The molecule has 1 atom stereocenters. The predicted molar refractivity (Wildman–Crippen MR) is 76.8 cm³/mol. The Morgan fingerprint density at radius 3 is 2.90 bits per heavy atom. The molecule has 1 fully saturated rings. The first kappa shape index (κ1) is 13.1. The molecule has 1 aliphatic rings. The van der Waals surface area contributed by atoms with Crippen molar-refractivity contribution in [3.05, 3.63) is 24.5 Å². The molecule has 0 radical (unpaired) electrons. The molecule has 1 N–H and O–H groups in total. The maximum Gasteiger partial charge on any atom is 0.152 e. The molecule has 1 aliphatic heterocycles. The van der Waals surface area contributed by atoms with E-state index >= 15 is 0 Å². The number of anilines is 1. The van der Waals surface area contributed by atoms with Gasteiger partial charge in [0.1, 0.15) is 17.9 Å². The second-order valence-corrected chi connectivity index (χ2v) is 7.08. The SMILES string of the molecule is COc1ccc2ncnc(NC3CCS(=O)(=O)C3)c2c1. The van der Waals surface area contributed by atoms with E-state index in [4.69, 9.17) is 4.74 Å². The highest BCUT2D eigenvalue weighted by molar-refractivity contribution is 7.91. The van der Waals surface area contributed by atoms with E-state index in [9.17, 15) is 8.42 Å². The van der Waals surface area contributed by atoms with E-state index in [0.29, 0.717) is 12.2 Å². The van der Waals surface area contributed by atoms with Crippen LogP contribution in [-0.2, 0) is 9.84 Å². The Labute approximate surface area is 117 Å². The van der Waals surface area contributed by atoms with E-state index in [2.05, 4.69) is 15.3 Å². The van der Waals surface area contributed by atoms with Crippen molar-refractivity contribution >= 4 is 26.6 Å². The third-order valence-electron chi connectivity index (χ3n) is 3.42. The van der Waals surface area contributed by atoms with Gasteiger partial charge in [-0.05, 0) is 24.6 Å². The smallest absolute Gasteiger partial charge is 0.152 e. The van der Waals surface area contributed by atoms with Crippen molar-refractivity contribution in [1.82, 2.24) is 9.97 Å². The summed E-state index contributed by atoms with van der Waals surface area (Å²) in [6.45, 7) is 0. The molecule has 106 valence electrons. The van der Waals surface area contributed by atoms with Crippen LogP contribution in [0, 0.1) is 0 Å². The van der Waals surface area contributed by atoms with Crippen LogP contribution in [0.25, 0.3) is 10.9 Å². The monoisotopic (exact) mass is 293 g/mol. The minimum atomic E-state index is -2.91. The van der Waals surface area contributed by atoms with Crippen LogP contribution in [0.1, 0.15) is 6.42 Å². The topological polar surface area (TPSA) is 81.2 Å². The van der Waals surface area contributed by atoms with Crippen LogP contribution in [0.15, 0.2) is 24.5 Å². The molecule has 3 rings (SSSR count). The number of ether oxygens (including phenoxy) is 1. The molecule has 20 heavy (non-hydrogen) atoms. The van der Waals surface area contributed by atoms with Crippen molar-refractivity contribution in [2.75, 3.05) is 23.9 Å². The Bertz CT molecular complexity index is 746. The standard InChI is InChI=1S/C13H15N3O3S/c1-19-10-2-3-12-11(6-10)13(15-8-14-12)16-9-4-5-20(17,18)7-9/h2-3,6,8-9H,4-5,7H2,1H3,(H,14,15,16). The number of sulfone groups is 1. The van der Waals surface area contributed by atoms with Crippen molar-refractivity contribution in [2.24, 2.45) is 0 Å². The zero-order valence-corrected chi connectivity index (χ0v) is 11.9. The minimum Gasteiger partial charge on any atom is -0.497 e. The van der Waals surface area contributed by atoms with Crippen LogP contribution >= 0.6 is 0 Å². The number of nitrogens with one attached hydrogen (secondary N) is 1. The van der Waals surface area contributed by atoms with Gasteiger partial charge in [-0.15, -0.1) is 0 Å². The van der Waals surface area contributed by atoms with Gasteiger partial charge in [-0.1, -0.05) is 0 Å². The first-order chi connectivity index (χ1) is 9.57. The fourth-order valence-electron chi connectivity index (χ4n) is 2.38. The van der Waals surface area contributed by atoms with Crippen LogP contribution < -0.4 is 10.1 Å². The van der Waals surface area contributed by atoms with Crippen molar-refractivity contribution in [3.63, 3.8) is 0 Å². The highest BCUT2D eigenvalue weighted by Gasteiger charge is 2.28. The van der Waals surface area contributed by atoms with Crippen molar-refractivity contribution in [3.8, 4) is 5.75 Å². The Morgan fingerprint density at radius 2 is 2.20 bits per heavy atom. The number of hydrogen-bond acceptors (Lipinski definition) is 6. The summed E-state index contributed by atoms with van der Waals surface area (Å²) in [6.07, 6.45) is 2.08. The third kappa shape index (κ3) is 2.53. The molecular weight excluding hydrogens is 278 g/mol. The minimum absolute atomic E-state index is 0.0932. The summed E-state index contributed by atoms with van der Waals surface area (Å²) in [7, 11) is -1.31. The summed E-state index contributed by atoms with van der Waals surface area (Å²) < 4.78 is 28.2. The molecule has 2 aromatic rings. The highest BCUT2D eigenvalue weighted by atomic mass is 32.2. The van der Waals surface area contributed by atoms with Gasteiger partial charge in [0.2, 0.25) is 0 Å². The Hall–Kier alpha value is -1.89. The largest absolute Gasteiger partial charge is 0.497 e. The lowest BCUT2D eigenvalue weighted by molar-refractivity contribution is 0.415. The van der Waals surface area contributed by atoms with Crippen molar-refractivity contribution in [1.29, 1.82) is 0 Å². The van der Waals surface area contributed by atoms with Gasteiger partial charge in [-0.25, -0.2) is 18.4 Å². The first-order valence-electron chi connectivity index (χ1n) is 6.33. The Balaban J connectivity index is 1.95. The maximum atomic E-state index is 11.5. The molecule has 1 aromatic heterocycles. The molecule has 1 aromatic carbocycles. The van der Waals surface area contributed by atoms with E-state index in [-0.39, 0.29) is 17.5 Å². The van der Waals surface area contributed by atoms with Crippen LogP contribution in [0.2, 0.25) is 0 Å². The van der Waals surface area contributed by atoms with Gasteiger partial charge in [-0.2, -0.15) is 0 Å². The lowest BCUT2D eigenvalue weighted by Gasteiger charge is -2.13. The van der Waals surface area contributed by atoms with Gasteiger partial charge < -0.3 is 10.1 Å². The number of fused-ring (bicyclic) bond motifs is 1. The summed E-state index contributed by atoms with van der Waals surface area (Å²) in [5.74, 6) is 1.75. The molecule has 1 unspecified atom stereocenters. The van der Waals surface area contributed by atoms with E-state index in [1.165, 1.54) is 6.33 Å². The van der Waals surface area contributed by atoms with Crippen LogP contribution in [0.3, 0.4) is 0 Å². The normalized spacial score (nSPS) is 20.9. The lowest BCUT2D eigenvalue weighted by Crippen LogP contribution is -2.21. The van der Waals surface area contributed by atoms with Gasteiger partial charge >= 0.3 is 0 Å². The molecule has 0 bridgehead atoms. The summed E-state index contributed by atoms with van der Waals surface area (Å²) in [4.78, 5) is 8.42. The fraction of sp³-hybridized carbons (Fsp3) is 0.385. The van der Waals surface area contributed by atoms with Gasteiger partial charge in [0.25, 0.3) is 0 Å². The molecule has 0 spiro atoms. The van der Waals surface area contributed by atoms with Gasteiger partial charge in [-0.3, -0.25) is 0 Å². The quantitative estimate of drug-likeness (QED) is 0.917. The van der Waals surface area contributed by atoms with Crippen molar-refractivity contribution < 1.29 is 13.2 Å². The molecule has 2 heterocycles. The predicted octanol–water partition coefficient (Wildman–Crippen LogP) is 1.24. The Morgan fingerprint density at radius 1 is 1.35 bits per heavy atom. The highest BCUT2D eigenvalue weighted by Crippen LogP contribution is 2.26. The summed E-state index contributed by atoms with van der Waals surface area (Å²) in [6, 6.07) is 5.44. The summed E-state index contributed by atoms with van der Waals surface area (Å²) in [5.41, 5.74) is 0.796. The molecule has 0 amide bonds. The molecular formula is C13H15N3O3S. The van der Waals surface area contributed by atoms with Crippen LogP contribution in [0.4, 0.5) is 5.82 Å². The van der Waals surface area contributed by atoms with Gasteiger partial charge in [0.05, 0.1) is 24.1 Å². The van der Waals surface area contributed by atoms with E-state index < -0.39 is 9.84 Å². The number of nitrogens with zero attached hydrogens (tertiary/aromatic N) is 2.